The number of piperidine rings is 1. The molecule has 0 spiro atoms. The predicted octanol–water partition coefficient (Wildman–Crippen LogP) is 2.81. The zero-order valence-corrected chi connectivity index (χ0v) is 12.4. The van der Waals surface area contributed by atoms with E-state index in [1.165, 1.54) is 55.8 Å². The second-order valence-electron chi connectivity index (χ2n) is 5.39. The first-order valence-corrected chi connectivity index (χ1v) is 7.94. The molecule has 1 aromatic rings. The maximum absolute atomic E-state index is 4.31. The van der Waals surface area contributed by atoms with Crippen LogP contribution in [0.3, 0.4) is 0 Å². The topological polar surface area (TPSA) is 28.2 Å². The Morgan fingerprint density at radius 2 is 2.39 bits per heavy atom. The molecule has 3 nitrogen and oxygen atoms in total. The molecule has 1 atom stereocenters. The summed E-state index contributed by atoms with van der Waals surface area (Å²) < 4.78 is 0. The minimum atomic E-state index is 0.775. The van der Waals surface area contributed by atoms with Gasteiger partial charge in [-0.25, -0.2) is 4.98 Å². The average molecular weight is 267 g/mol. The van der Waals surface area contributed by atoms with Crippen molar-refractivity contribution >= 4 is 11.3 Å². The van der Waals surface area contributed by atoms with Crippen molar-refractivity contribution in [2.75, 3.05) is 20.1 Å². The molecule has 0 aromatic carbocycles. The van der Waals surface area contributed by atoms with Gasteiger partial charge in [-0.15, -0.1) is 11.3 Å². The molecule has 1 saturated heterocycles. The molecule has 2 heterocycles. The second kappa shape index (κ2) is 7.22. The summed E-state index contributed by atoms with van der Waals surface area (Å²) in [7, 11) is 2.22. The number of aromatic nitrogens is 1. The summed E-state index contributed by atoms with van der Waals surface area (Å²) in [5.74, 6) is 0. The summed E-state index contributed by atoms with van der Waals surface area (Å²) >= 11 is 1.77. The summed E-state index contributed by atoms with van der Waals surface area (Å²) in [4.78, 5) is 8.14. The van der Waals surface area contributed by atoms with Crippen molar-refractivity contribution in [3.8, 4) is 0 Å². The van der Waals surface area contributed by atoms with Gasteiger partial charge in [-0.2, -0.15) is 0 Å². The van der Waals surface area contributed by atoms with Crippen molar-refractivity contribution in [1.29, 1.82) is 0 Å². The van der Waals surface area contributed by atoms with Gasteiger partial charge in [0.1, 0.15) is 0 Å². The van der Waals surface area contributed by atoms with Crippen LogP contribution in [0.1, 0.15) is 42.7 Å². The van der Waals surface area contributed by atoms with Crippen LogP contribution in [0.25, 0.3) is 0 Å². The molecule has 4 heteroatoms. The van der Waals surface area contributed by atoms with Crippen LogP contribution in [0.15, 0.2) is 5.51 Å². The predicted molar refractivity (Wildman–Crippen MR) is 78.1 cm³/mol. The molecule has 18 heavy (non-hydrogen) atoms. The molecule has 1 unspecified atom stereocenters. The van der Waals surface area contributed by atoms with Gasteiger partial charge >= 0.3 is 0 Å². The van der Waals surface area contributed by atoms with Crippen LogP contribution < -0.4 is 5.32 Å². The number of rotatable bonds is 6. The number of nitrogens with zero attached hydrogens (tertiary/aromatic N) is 2. The Kier molecular flexibility index (Phi) is 5.60. The van der Waals surface area contributed by atoms with Gasteiger partial charge in [0.05, 0.1) is 11.2 Å². The first-order chi connectivity index (χ1) is 8.75. The Morgan fingerprint density at radius 1 is 1.50 bits per heavy atom. The molecule has 102 valence electrons. The van der Waals surface area contributed by atoms with E-state index >= 15 is 0 Å². The molecule has 0 aliphatic carbocycles. The van der Waals surface area contributed by atoms with Crippen molar-refractivity contribution in [3.63, 3.8) is 0 Å². The standard InChI is InChI=1S/C14H25N3S/c1-12-14(18-11-16-12)10-17(2)9-5-7-13-6-3-4-8-15-13/h11,13,15H,3-10H2,1-2H3. The minimum absolute atomic E-state index is 0.775. The number of aryl methyl sites for hydroxylation is 1. The van der Waals surface area contributed by atoms with Crippen LogP contribution in [0.2, 0.25) is 0 Å². The Hall–Kier alpha value is -0.450. The Bertz CT molecular complexity index is 345. The maximum atomic E-state index is 4.31. The molecule has 0 saturated carbocycles. The van der Waals surface area contributed by atoms with E-state index in [0.29, 0.717) is 0 Å². The lowest BCUT2D eigenvalue weighted by Gasteiger charge is -2.24. The van der Waals surface area contributed by atoms with E-state index in [0.717, 1.165) is 12.6 Å². The van der Waals surface area contributed by atoms with E-state index in [2.05, 4.69) is 29.2 Å². The molecule has 0 amide bonds. The normalized spacial score (nSPS) is 20.5. The highest BCUT2D eigenvalue weighted by Gasteiger charge is 2.12. The molecule has 0 radical (unpaired) electrons. The summed E-state index contributed by atoms with van der Waals surface area (Å²) in [5, 5.41) is 3.62. The van der Waals surface area contributed by atoms with Crippen molar-refractivity contribution in [1.82, 2.24) is 15.2 Å². The van der Waals surface area contributed by atoms with Crippen LogP contribution in [0.4, 0.5) is 0 Å². The van der Waals surface area contributed by atoms with Gasteiger partial charge in [0.2, 0.25) is 0 Å². The summed E-state index contributed by atoms with van der Waals surface area (Å²) in [6, 6.07) is 0.775. The highest BCUT2D eigenvalue weighted by molar-refractivity contribution is 7.09. The molecule has 1 fully saturated rings. The smallest absolute Gasteiger partial charge is 0.0798 e. The third kappa shape index (κ3) is 4.34. The average Bonchev–Trinajstić information content (AvgIpc) is 2.76. The monoisotopic (exact) mass is 267 g/mol. The van der Waals surface area contributed by atoms with Crippen molar-refractivity contribution in [2.24, 2.45) is 0 Å². The number of hydrogen-bond donors (Lipinski definition) is 1. The van der Waals surface area contributed by atoms with Gasteiger partial charge in [-0.05, 0) is 52.7 Å². The van der Waals surface area contributed by atoms with Gasteiger partial charge in [0, 0.05) is 17.5 Å². The Morgan fingerprint density at radius 3 is 3.06 bits per heavy atom. The molecule has 1 aromatic heterocycles. The fraction of sp³-hybridized carbons (Fsp3) is 0.786. The van der Waals surface area contributed by atoms with Crippen LogP contribution in [-0.4, -0.2) is 36.1 Å². The van der Waals surface area contributed by atoms with Crippen LogP contribution in [-0.2, 0) is 6.54 Å². The van der Waals surface area contributed by atoms with Gasteiger partial charge in [0.15, 0.2) is 0 Å². The summed E-state index contributed by atoms with van der Waals surface area (Å²) in [6.07, 6.45) is 6.77. The zero-order valence-electron chi connectivity index (χ0n) is 11.6. The molecule has 1 N–H and O–H groups in total. The Balaban J connectivity index is 1.62. The molecule has 2 rings (SSSR count). The molecule has 1 aliphatic rings. The van der Waals surface area contributed by atoms with Gasteiger partial charge in [0.25, 0.3) is 0 Å². The van der Waals surface area contributed by atoms with Crippen molar-refractivity contribution in [3.05, 3.63) is 16.1 Å². The fourth-order valence-corrected chi connectivity index (χ4v) is 3.44. The van der Waals surface area contributed by atoms with E-state index in [4.69, 9.17) is 0 Å². The first-order valence-electron chi connectivity index (χ1n) is 7.06. The largest absolute Gasteiger partial charge is 0.314 e. The Labute approximate surface area is 115 Å². The van der Waals surface area contributed by atoms with E-state index < -0.39 is 0 Å². The fourth-order valence-electron chi connectivity index (χ4n) is 2.58. The maximum Gasteiger partial charge on any atom is 0.0798 e. The SMILES string of the molecule is Cc1ncsc1CN(C)CCCC1CCCCN1. The molecular weight excluding hydrogens is 242 g/mol. The van der Waals surface area contributed by atoms with E-state index in [-0.39, 0.29) is 0 Å². The van der Waals surface area contributed by atoms with E-state index in [1.54, 1.807) is 11.3 Å². The van der Waals surface area contributed by atoms with E-state index in [1.807, 2.05) is 5.51 Å². The first kappa shape index (κ1) is 14.0. The lowest BCUT2D eigenvalue weighted by Crippen LogP contribution is -2.34. The number of thiazole rings is 1. The van der Waals surface area contributed by atoms with Crippen LogP contribution in [0.5, 0.6) is 0 Å². The molecule has 1 aliphatic heterocycles. The molecular formula is C14H25N3S. The summed E-state index contributed by atoms with van der Waals surface area (Å²) in [5.41, 5.74) is 3.14. The number of nitrogens with one attached hydrogen (secondary N) is 1. The lowest BCUT2D eigenvalue weighted by atomic mass is 10.0. The summed E-state index contributed by atoms with van der Waals surface area (Å²) in [6.45, 7) is 5.57. The third-order valence-corrected chi connectivity index (χ3v) is 4.68. The third-order valence-electron chi connectivity index (χ3n) is 3.76. The van der Waals surface area contributed by atoms with Gasteiger partial charge in [-0.3, -0.25) is 0 Å². The molecule has 0 bridgehead atoms. The zero-order chi connectivity index (χ0) is 12.8. The van der Waals surface area contributed by atoms with Crippen molar-refractivity contribution in [2.45, 2.75) is 51.6 Å². The highest BCUT2D eigenvalue weighted by atomic mass is 32.1. The van der Waals surface area contributed by atoms with Crippen LogP contribution >= 0.6 is 11.3 Å². The quantitative estimate of drug-likeness (QED) is 0.859. The van der Waals surface area contributed by atoms with Gasteiger partial charge < -0.3 is 10.2 Å². The number of hydrogen-bond acceptors (Lipinski definition) is 4. The highest BCUT2D eigenvalue weighted by Crippen LogP contribution is 2.15. The second-order valence-corrected chi connectivity index (χ2v) is 6.33. The minimum Gasteiger partial charge on any atom is -0.314 e. The van der Waals surface area contributed by atoms with E-state index in [9.17, 15) is 0 Å². The lowest BCUT2D eigenvalue weighted by molar-refractivity contribution is 0.299. The van der Waals surface area contributed by atoms with Gasteiger partial charge in [-0.1, -0.05) is 6.42 Å². The van der Waals surface area contributed by atoms with Crippen LogP contribution in [0, 0.1) is 6.92 Å². The van der Waals surface area contributed by atoms with Crippen molar-refractivity contribution < 1.29 is 0 Å².